The number of allylic oxidation sites excluding steroid dienone is 1. The van der Waals surface area contributed by atoms with Crippen LogP contribution in [0.15, 0.2) is 40.8 Å². The van der Waals surface area contributed by atoms with Crippen molar-refractivity contribution in [2.24, 2.45) is 0 Å². The number of amides is 1. The number of rotatable bonds is 5. The van der Waals surface area contributed by atoms with Gasteiger partial charge in [-0.2, -0.15) is 0 Å². The minimum absolute atomic E-state index is 0.233. The van der Waals surface area contributed by atoms with Crippen molar-refractivity contribution < 1.29 is 18.7 Å². The van der Waals surface area contributed by atoms with Gasteiger partial charge in [0.1, 0.15) is 22.8 Å². The summed E-state index contributed by atoms with van der Waals surface area (Å²) >= 11 is 0. The first-order valence-electron chi connectivity index (χ1n) is 9.06. The van der Waals surface area contributed by atoms with E-state index in [2.05, 4.69) is 5.32 Å². The van der Waals surface area contributed by atoms with Crippen LogP contribution < -0.4 is 14.8 Å². The predicted octanol–water partition coefficient (Wildman–Crippen LogP) is 5.42. The molecule has 0 aliphatic rings. The Bertz CT molecular complexity index is 1080. The summed E-state index contributed by atoms with van der Waals surface area (Å²) < 4.78 is 16.6. The monoisotopic (exact) mass is 379 g/mol. The summed E-state index contributed by atoms with van der Waals surface area (Å²) in [6, 6.07) is 9.52. The molecule has 146 valence electrons. The maximum atomic E-state index is 12.6. The highest BCUT2D eigenvalue weighted by Gasteiger charge is 2.14. The fraction of sp³-hybridized carbons (Fsp3) is 0.261. The van der Waals surface area contributed by atoms with Crippen LogP contribution in [0.1, 0.15) is 29.4 Å². The van der Waals surface area contributed by atoms with Gasteiger partial charge in [-0.3, -0.25) is 4.79 Å². The minimum Gasteiger partial charge on any atom is -0.496 e. The predicted molar refractivity (Wildman–Crippen MR) is 112 cm³/mol. The third kappa shape index (κ3) is 3.74. The molecule has 0 bridgehead atoms. The number of carbonyl (C=O) groups excluding carboxylic acids is 1. The third-order valence-electron chi connectivity index (χ3n) is 4.88. The largest absolute Gasteiger partial charge is 0.496 e. The van der Waals surface area contributed by atoms with E-state index >= 15 is 0 Å². The number of benzene rings is 2. The number of ether oxygens (including phenoxy) is 2. The van der Waals surface area contributed by atoms with Gasteiger partial charge in [-0.15, -0.1) is 0 Å². The summed E-state index contributed by atoms with van der Waals surface area (Å²) in [6.07, 6.45) is 1.56. The molecule has 2 aromatic carbocycles. The Hall–Kier alpha value is -3.21. The maximum Gasteiger partial charge on any atom is 0.248 e. The van der Waals surface area contributed by atoms with Crippen LogP contribution in [0, 0.1) is 20.8 Å². The van der Waals surface area contributed by atoms with Crippen LogP contribution in [0.2, 0.25) is 0 Å². The van der Waals surface area contributed by atoms with Gasteiger partial charge in [0.05, 0.1) is 19.9 Å². The molecule has 3 aromatic rings. The van der Waals surface area contributed by atoms with Crippen LogP contribution in [0.5, 0.6) is 11.5 Å². The Morgan fingerprint density at radius 1 is 1.04 bits per heavy atom. The lowest BCUT2D eigenvalue weighted by atomic mass is 10.0. The van der Waals surface area contributed by atoms with Crippen LogP contribution in [-0.4, -0.2) is 20.1 Å². The fourth-order valence-electron chi connectivity index (χ4n) is 3.21. The van der Waals surface area contributed by atoms with Crippen molar-refractivity contribution >= 4 is 28.1 Å². The topological polar surface area (TPSA) is 60.7 Å². The number of hydrogen-bond acceptors (Lipinski definition) is 4. The third-order valence-corrected chi connectivity index (χ3v) is 4.88. The Kier molecular flexibility index (Phi) is 5.45. The molecule has 1 N–H and O–H groups in total. The standard InChI is InChI=1S/C23H25NO4/c1-13-7-8-20(26-5)19(9-13)24-23(25)10-14(2)17-11-18-15(3)16(4)28-22(18)12-21(17)27-6/h7-12H,1-6H3,(H,24,25)/b14-10+. The van der Waals surface area contributed by atoms with Gasteiger partial charge < -0.3 is 19.2 Å². The van der Waals surface area contributed by atoms with E-state index in [9.17, 15) is 4.79 Å². The van der Waals surface area contributed by atoms with Crippen molar-refractivity contribution in [3.8, 4) is 11.5 Å². The lowest BCUT2D eigenvalue weighted by Gasteiger charge is -2.11. The molecule has 0 saturated heterocycles. The molecular formula is C23H25NO4. The molecule has 0 unspecified atom stereocenters. The summed E-state index contributed by atoms with van der Waals surface area (Å²) in [4.78, 5) is 12.6. The highest BCUT2D eigenvalue weighted by molar-refractivity contribution is 6.05. The van der Waals surface area contributed by atoms with Crippen LogP contribution in [0.3, 0.4) is 0 Å². The van der Waals surface area contributed by atoms with Crippen LogP contribution in [-0.2, 0) is 4.79 Å². The summed E-state index contributed by atoms with van der Waals surface area (Å²) in [5.41, 5.74) is 5.18. The maximum absolute atomic E-state index is 12.6. The van der Waals surface area contributed by atoms with E-state index in [1.54, 1.807) is 20.3 Å². The highest BCUT2D eigenvalue weighted by Crippen LogP contribution is 2.35. The van der Waals surface area contributed by atoms with Gasteiger partial charge in [0.2, 0.25) is 5.91 Å². The van der Waals surface area contributed by atoms with Crippen molar-refractivity contribution in [3.05, 3.63) is 58.9 Å². The number of carbonyl (C=O) groups is 1. The molecule has 5 nitrogen and oxygen atoms in total. The summed E-state index contributed by atoms with van der Waals surface area (Å²) in [7, 11) is 3.19. The molecular weight excluding hydrogens is 354 g/mol. The van der Waals surface area contributed by atoms with Gasteiger partial charge in [0.25, 0.3) is 0 Å². The second-order valence-corrected chi connectivity index (χ2v) is 6.85. The van der Waals surface area contributed by atoms with Crippen molar-refractivity contribution in [2.75, 3.05) is 19.5 Å². The lowest BCUT2D eigenvalue weighted by Crippen LogP contribution is -2.10. The Labute approximate surface area is 164 Å². The van der Waals surface area contributed by atoms with Crippen LogP contribution in [0.25, 0.3) is 16.5 Å². The summed E-state index contributed by atoms with van der Waals surface area (Å²) in [5.74, 6) is 1.92. The van der Waals surface area contributed by atoms with Crippen molar-refractivity contribution in [3.63, 3.8) is 0 Å². The van der Waals surface area contributed by atoms with Gasteiger partial charge in [-0.05, 0) is 62.6 Å². The zero-order valence-electron chi connectivity index (χ0n) is 17.1. The lowest BCUT2D eigenvalue weighted by molar-refractivity contribution is -0.111. The van der Waals surface area contributed by atoms with Gasteiger partial charge in [-0.25, -0.2) is 0 Å². The highest BCUT2D eigenvalue weighted by atomic mass is 16.5. The number of hydrogen-bond donors (Lipinski definition) is 1. The smallest absolute Gasteiger partial charge is 0.248 e. The molecule has 1 amide bonds. The van der Waals surface area contributed by atoms with Gasteiger partial charge in [0, 0.05) is 23.1 Å². The molecule has 1 aromatic heterocycles. The molecule has 0 spiro atoms. The molecule has 3 rings (SSSR count). The van der Waals surface area contributed by atoms with Crippen molar-refractivity contribution in [1.82, 2.24) is 0 Å². The first-order valence-corrected chi connectivity index (χ1v) is 9.06. The van der Waals surface area contributed by atoms with E-state index in [4.69, 9.17) is 13.9 Å². The first kappa shape index (κ1) is 19.5. The Balaban J connectivity index is 1.95. The Morgan fingerprint density at radius 3 is 2.43 bits per heavy atom. The number of aryl methyl sites for hydroxylation is 3. The van der Waals surface area contributed by atoms with E-state index < -0.39 is 0 Å². The molecule has 0 aliphatic carbocycles. The normalized spacial score (nSPS) is 11.6. The molecule has 28 heavy (non-hydrogen) atoms. The van der Waals surface area contributed by atoms with Crippen molar-refractivity contribution in [1.29, 1.82) is 0 Å². The van der Waals surface area contributed by atoms with E-state index in [1.165, 1.54) is 0 Å². The fourth-order valence-corrected chi connectivity index (χ4v) is 3.21. The van der Waals surface area contributed by atoms with Crippen LogP contribution in [0.4, 0.5) is 5.69 Å². The molecule has 0 atom stereocenters. The van der Waals surface area contributed by atoms with E-state index in [-0.39, 0.29) is 5.91 Å². The molecule has 1 heterocycles. The number of nitrogens with one attached hydrogen (secondary N) is 1. The summed E-state index contributed by atoms with van der Waals surface area (Å²) in [6.45, 7) is 7.81. The number of furan rings is 1. The molecule has 0 aliphatic heterocycles. The SMILES string of the molecule is COc1ccc(C)cc1NC(=O)/C=C(\C)c1cc2c(C)c(C)oc2cc1OC. The summed E-state index contributed by atoms with van der Waals surface area (Å²) in [5, 5.41) is 3.91. The second kappa shape index (κ2) is 7.80. The number of anilines is 1. The van der Waals surface area contributed by atoms with Gasteiger partial charge in [-0.1, -0.05) is 6.07 Å². The minimum atomic E-state index is -0.233. The van der Waals surface area contributed by atoms with E-state index in [1.807, 2.05) is 58.0 Å². The average molecular weight is 379 g/mol. The van der Waals surface area contributed by atoms with Crippen molar-refractivity contribution in [2.45, 2.75) is 27.7 Å². The molecule has 0 saturated carbocycles. The van der Waals surface area contributed by atoms with Crippen LogP contribution >= 0.6 is 0 Å². The quantitative estimate of drug-likeness (QED) is 0.602. The average Bonchev–Trinajstić information content (AvgIpc) is 2.94. The number of fused-ring (bicyclic) bond motifs is 1. The van der Waals surface area contributed by atoms with E-state index in [0.29, 0.717) is 17.2 Å². The number of methoxy groups -OCH3 is 2. The van der Waals surface area contributed by atoms with Gasteiger partial charge >= 0.3 is 0 Å². The molecule has 0 radical (unpaired) electrons. The second-order valence-electron chi connectivity index (χ2n) is 6.85. The van der Waals surface area contributed by atoms with E-state index in [0.717, 1.165) is 39.0 Å². The molecule has 5 heteroatoms. The zero-order valence-corrected chi connectivity index (χ0v) is 17.1. The molecule has 0 fully saturated rings. The first-order chi connectivity index (χ1) is 13.3. The zero-order chi connectivity index (χ0) is 20.4. The van der Waals surface area contributed by atoms with Gasteiger partial charge in [0.15, 0.2) is 0 Å². The Morgan fingerprint density at radius 2 is 1.75 bits per heavy atom.